The molecule has 2 rings (SSSR count). The molecule has 0 atom stereocenters. The van der Waals surface area contributed by atoms with Gasteiger partial charge in [-0.15, -0.1) is 34.2 Å². The van der Waals surface area contributed by atoms with Crippen LogP contribution >= 0.6 is 35.7 Å². The van der Waals surface area contributed by atoms with E-state index in [0.717, 1.165) is 55.2 Å². The van der Waals surface area contributed by atoms with Crippen molar-refractivity contribution < 1.29 is 0 Å². The summed E-state index contributed by atoms with van der Waals surface area (Å²) in [5, 5.41) is 20.4. The van der Waals surface area contributed by atoms with Crippen molar-refractivity contribution in [3.05, 3.63) is 18.0 Å². The van der Waals surface area contributed by atoms with Crippen molar-refractivity contribution in [3.63, 3.8) is 0 Å². The van der Waals surface area contributed by atoms with Crippen LogP contribution in [-0.2, 0) is 26.6 Å². The number of nitrogens with one attached hydrogen (secondary N) is 2. The summed E-state index contributed by atoms with van der Waals surface area (Å²) in [7, 11) is 1.87. The highest BCUT2D eigenvalue weighted by Crippen LogP contribution is 2.16. The first kappa shape index (κ1) is 24.7. The number of thioether (sulfide) groups is 1. The third-order valence-electron chi connectivity index (χ3n) is 3.92. The number of aliphatic imine (C=N–C) groups is 1. The smallest absolute Gasteiger partial charge is 0.191 e. The van der Waals surface area contributed by atoms with Crippen molar-refractivity contribution in [2.24, 2.45) is 18.0 Å². The molecule has 0 bridgehead atoms. The molecular formula is C17H32IN9S. The van der Waals surface area contributed by atoms with E-state index in [-0.39, 0.29) is 24.0 Å². The summed E-state index contributed by atoms with van der Waals surface area (Å²) >= 11 is 1.65. The Balaban J connectivity index is 0.00000392. The van der Waals surface area contributed by atoms with Gasteiger partial charge >= 0.3 is 0 Å². The number of hydrogen-bond acceptors (Lipinski definition) is 6. The summed E-state index contributed by atoms with van der Waals surface area (Å²) < 4.78 is 3.97. The van der Waals surface area contributed by atoms with Crippen molar-refractivity contribution in [1.29, 1.82) is 0 Å². The van der Waals surface area contributed by atoms with E-state index in [1.165, 1.54) is 0 Å². The fourth-order valence-corrected chi connectivity index (χ4v) is 3.13. The highest BCUT2D eigenvalue weighted by molar-refractivity contribution is 14.0. The van der Waals surface area contributed by atoms with Gasteiger partial charge < -0.3 is 15.2 Å². The largest absolute Gasteiger partial charge is 0.357 e. The Kier molecular flexibility index (Phi) is 11.4. The van der Waals surface area contributed by atoms with Crippen molar-refractivity contribution in [3.8, 4) is 0 Å². The Bertz CT molecular complexity index is 726. The number of aromatic nitrogens is 6. The number of halogens is 1. The molecule has 0 aliphatic carbocycles. The van der Waals surface area contributed by atoms with Crippen molar-refractivity contribution in [2.45, 2.75) is 51.9 Å². The third-order valence-corrected chi connectivity index (χ3v) is 4.59. The molecule has 0 amide bonds. The summed E-state index contributed by atoms with van der Waals surface area (Å²) in [6.45, 7) is 9.55. The fourth-order valence-electron chi connectivity index (χ4n) is 2.61. The van der Waals surface area contributed by atoms with Gasteiger partial charge in [-0.2, -0.15) is 5.10 Å². The van der Waals surface area contributed by atoms with Crippen LogP contribution in [0.1, 0.15) is 38.8 Å². The lowest BCUT2D eigenvalue weighted by molar-refractivity contribution is 0.477. The lowest BCUT2D eigenvalue weighted by Crippen LogP contribution is -2.38. The number of guanidine groups is 1. The van der Waals surface area contributed by atoms with Gasteiger partial charge in [0.05, 0.1) is 0 Å². The molecule has 28 heavy (non-hydrogen) atoms. The SMILES string of the molecule is CCNC(=NCc1ncnn1C)NCCCc1nnc(SC)n1CC(C)C.I. The molecule has 0 saturated heterocycles. The highest BCUT2D eigenvalue weighted by Gasteiger charge is 2.12. The first-order valence-corrected chi connectivity index (χ1v) is 10.6. The molecule has 0 aromatic carbocycles. The van der Waals surface area contributed by atoms with Crippen LogP contribution in [0.5, 0.6) is 0 Å². The quantitative estimate of drug-likeness (QED) is 0.163. The van der Waals surface area contributed by atoms with Crippen LogP contribution in [0.15, 0.2) is 16.5 Å². The first-order chi connectivity index (χ1) is 13.0. The van der Waals surface area contributed by atoms with Gasteiger partial charge in [-0.25, -0.2) is 9.98 Å². The zero-order chi connectivity index (χ0) is 19.6. The maximum atomic E-state index is 4.57. The van der Waals surface area contributed by atoms with Crippen LogP contribution < -0.4 is 10.6 Å². The molecule has 11 heteroatoms. The van der Waals surface area contributed by atoms with Gasteiger partial charge in [0.1, 0.15) is 24.5 Å². The summed E-state index contributed by atoms with van der Waals surface area (Å²) in [5.41, 5.74) is 0. The van der Waals surface area contributed by atoms with Crippen LogP contribution in [0.4, 0.5) is 0 Å². The minimum absolute atomic E-state index is 0. The summed E-state index contributed by atoms with van der Waals surface area (Å²) in [4.78, 5) is 8.77. The van der Waals surface area contributed by atoms with Crippen LogP contribution in [0.25, 0.3) is 0 Å². The van der Waals surface area contributed by atoms with Gasteiger partial charge in [-0.05, 0) is 25.5 Å². The number of rotatable bonds is 10. The van der Waals surface area contributed by atoms with E-state index >= 15 is 0 Å². The van der Waals surface area contributed by atoms with Crippen LogP contribution in [0, 0.1) is 5.92 Å². The predicted octanol–water partition coefficient (Wildman–Crippen LogP) is 2.09. The monoisotopic (exact) mass is 521 g/mol. The molecule has 158 valence electrons. The summed E-state index contributed by atoms with van der Waals surface area (Å²) in [6.07, 6.45) is 5.43. The van der Waals surface area contributed by atoms with E-state index in [1.54, 1.807) is 22.8 Å². The van der Waals surface area contributed by atoms with Gasteiger partial charge in [0.25, 0.3) is 0 Å². The lowest BCUT2D eigenvalue weighted by atomic mass is 10.2. The molecule has 9 nitrogen and oxygen atoms in total. The third kappa shape index (κ3) is 7.57. The molecule has 0 fully saturated rings. The van der Waals surface area contributed by atoms with E-state index < -0.39 is 0 Å². The van der Waals surface area contributed by atoms with Gasteiger partial charge in [0.15, 0.2) is 11.1 Å². The first-order valence-electron chi connectivity index (χ1n) is 9.36. The summed E-state index contributed by atoms with van der Waals surface area (Å²) in [5.74, 6) is 3.24. The maximum absolute atomic E-state index is 4.57. The highest BCUT2D eigenvalue weighted by atomic mass is 127. The molecule has 2 aromatic heterocycles. The van der Waals surface area contributed by atoms with Crippen LogP contribution in [0.3, 0.4) is 0 Å². The minimum atomic E-state index is 0. The Morgan fingerprint density at radius 1 is 1.25 bits per heavy atom. The average Bonchev–Trinajstić information content (AvgIpc) is 3.22. The molecule has 0 spiro atoms. The van der Waals surface area contributed by atoms with E-state index in [9.17, 15) is 0 Å². The topological polar surface area (TPSA) is 97.8 Å². The van der Waals surface area contributed by atoms with Crippen LogP contribution in [-0.4, -0.2) is 54.8 Å². The fraction of sp³-hybridized carbons (Fsp3) is 0.706. The van der Waals surface area contributed by atoms with E-state index in [0.29, 0.717) is 12.5 Å². The van der Waals surface area contributed by atoms with Crippen LogP contribution in [0.2, 0.25) is 0 Å². The standard InChI is InChI=1S/C17H31N9S.HI/c1-6-18-16(20-10-15-21-12-22-25(15)4)19-9-7-8-14-23-24-17(27-5)26(14)11-13(2)3;/h12-13H,6-11H2,1-5H3,(H2,18,19,20);1H. The Hall–Kier alpha value is -1.37. The van der Waals surface area contributed by atoms with Crippen molar-refractivity contribution in [2.75, 3.05) is 19.3 Å². The zero-order valence-corrected chi connectivity index (χ0v) is 20.5. The lowest BCUT2D eigenvalue weighted by Gasteiger charge is -2.13. The van der Waals surface area contributed by atoms with E-state index in [4.69, 9.17) is 0 Å². The summed E-state index contributed by atoms with van der Waals surface area (Å²) in [6, 6.07) is 0. The van der Waals surface area contributed by atoms with E-state index in [2.05, 4.69) is 61.2 Å². The molecule has 0 aliphatic heterocycles. The Labute approximate surface area is 188 Å². The second-order valence-corrected chi connectivity index (χ2v) is 7.41. The Morgan fingerprint density at radius 2 is 2.04 bits per heavy atom. The number of aryl methyl sites for hydroxylation is 2. The number of hydrogen-bond donors (Lipinski definition) is 2. The second kappa shape index (κ2) is 13.0. The maximum Gasteiger partial charge on any atom is 0.191 e. The molecule has 2 aromatic rings. The van der Waals surface area contributed by atoms with Gasteiger partial charge in [0.2, 0.25) is 0 Å². The molecule has 2 heterocycles. The number of nitrogens with zero attached hydrogens (tertiary/aromatic N) is 7. The molecule has 0 saturated carbocycles. The molecule has 2 N–H and O–H groups in total. The molecule has 0 unspecified atom stereocenters. The minimum Gasteiger partial charge on any atom is -0.357 e. The van der Waals surface area contributed by atoms with Gasteiger partial charge in [0, 0.05) is 33.1 Å². The molecule has 0 radical (unpaired) electrons. The van der Waals surface area contributed by atoms with Gasteiger partial charge in [-0.1, -0.05) is 25.6 Å². The molecular weight excluding hydrogens is 489 g/mol. The van der Waals surface area contributed by atoms with Crippen molar-refractivity contribution in [1.82, 2.24) is 40.2 Å². The van der Waals surface area contributed by atoms with Gasteiger partial charge in [-0.3, -0.25) is 4.68 Å². The predicted molar refractivity (Wildman–Crippen MR) is 124 cm³/mol. The Morgan fingerprint density at radius 3 is 2.64 bits per heavy atom. The second-order valence-electron chi connectivity index (χ2n) is 6.63. The van der Waals surface area contributed by atoms with Crippen molar-refractivity contribution >= 4 is 41.7 Å². The zero-order valence-electron chi connectivity index (χ0n) is 17.3. The average molecular weight is 521 g/mol. The van der Waals surface area contributed by atoms with E-state index in [1.807, 2.05) is 13.3 Å². The molecule has 0 aliphatic rings. The normalized spacial score (nSPS) is 11.6.